The van der Waals surface area contributed by atoms with Crippen molar-refractivity contribution in [2.24, 2.45) is 5.92 Å². The zero-order valence-electron chi connectivity index (χ0n) is 35.5. The van der Waals surface area contributed by atoms with Crippen LogP contribution in [0, 0.1) is 5.92 Å². The van der Waals surface area contributed by atoms with Crippen LogP contribution in [0.3, 0.4) is 0 Å². The van der Waals surface area contributed by atoms with Crippen molar-refractivity contribution >= 4 is 45.0 Å². The number of carbonyl (C=O) groups is 2. The van der Waals surface area contributed by atoms with Crippen molar-refractivity contribution < 1.29 is 29.3 Å². The van der Waals surface area contributed by atoms with E-state index < -0.39 is 0 Å². The lowest BCUT2D eigenvalue weighted by Gasteiger charge is -2.38. The number of likely N-dealkylation sites (tertiary alicyclic amines) is 1. The predicted molar refractivity (Wildman–Crippen MR) is 236 cm³/mol. The van der Waals surface area contributed by atoms with E-state index in [1.54, 1.807) is 28.5 Å². The largest absolute Gasteiger partial charge is 0.508 e. The molecule has 7 heterocycles. The maximum atomic E-state index is 13.8. The molecule has 0 aliphatic carbocycles. The number of hydrogen-bond donors (Lipinski definition) is 3. The van der Waals surface area contributed by atoms with Gasteiger partial charge in [0.1, 0.15) is 17.2 Å². The van der Waals surface area contributed by atoms with Gasteiger partial charge in [0.05, 0.1) is 42.3 Å². The van der Waals surface area contributed by atoms with Gasteiger partial charge in [0.25, 0.3) is 11.8 Å². The lowest BCUT2D eigenvalue weighted by molar-refractivity contribution is -0.139. The molecule has 5 aromatic rings. The van der Waals surface area contributed by atoms with E-state index in [0.717, 1.165) is 92.4 Å². The number of hydrogen-bond acceptors (Lipinski definition) is 15. The van der Waals surface area contributed by atoms with E-state index >= 15 is 0 Å². The van der Waals surface area contributed by atoms with Crippen LogP contribution < -0.4 is 15.4 Å². The zero-order valence-corrected chi connectivity index (χ0v) is 36.4. The molecule has 0 spiro atoms. The second-order valence-corrected chi connectivity index (χ2v) is 18.2. The molecule has 3 aromatic heterocycles. The summed E-state index contributed by atoms with van der Waals surface area (Å²) in [6.07, 6.45) is 3.25. The molecular formula is C45H54N10O6S. The molecule has 326 valence electrons. The number of benzene rings is 2. The number of nitrogen functional groups attached to an aromatic ring is 1. The molecule has 3 saturated heterocycles. The van der Waals surface area contributed by atoms with Crippen molar-refractivity contribution in [3.8, 4) is 28.9 Å². The van der Waals surface area contributed by atoms with Crippen LogP contribution in [0.4, 0.5) is 11.6 Å². The number of phenols is 2. The number of nitrogens with zero attached hydrogens (tertiary/aromatic N) is 9. The number of anilines is 2. The number of methoxy groups -OCH3 is 1. The van der Waals surface area contributed by atoms with Gasteiger partial charge in [-0.1, -0.05) is 32.0 Å². The fourth-order valence-corrected chi connectivity index (χ4v) is 10.2. The molecule has 0 unspecified atom stereocenters. The van der Waals surface area contributed by atoms with Crippen LogP contribution >= 0.6 is 11.3 Å². The maximum absolute atomic E-state index is 13.8. The average Bonchev–Trinajstić information content (AvgIpc) is 3.90. The predicted octanol–water partition coefficient (Wildman–Crippen LogP) is 4.82. The molecule has 0 radical (unpaired) electrons. The van der Waals surface area contributed by atoms with Crippen molar-refractivity contribution in [2.45, 2.75) is 58.8 Å². The number of aromatic nitrogens is 4. The van der Waals surface area contributed by atoms with Crippen molar-refractivity contribution in [1.82, 2.24) is 39.5 Å². The highest BCUT2D eigenvalue weighted by molar-refractivity contribution is 7.19. The Morgan fingerprint density at radius 2 is 1.61 bits per heavy atom. The SMILES string of the molecule is COc1nc(-c2nc(N3CCOCC3)c3sc(CN4CCC(C(=O)N5CCN(Cc6ccc7c(c6)CN(C(=O)c6cc(C(C)C)c(O)cc6O)C7)CC5)CC4)cc3n2)cnc1N. The number of ether oxygens (including phenoxy) is 2. The molecule has 4 N–H and O–H groups in total. The fraction of sp³-hybridized carbons (Fsp3) is 0.467. The fourth-order valence-electron chi connectivity index (χ4n) is 9.07. The first kappa shape index (κ1) is 41.7. The van der Waals surface area contributed by atoms with Crippen LogP contribution in [0.1, 0.15) is 70.1 Å². The Kier molecular flexibility index (Phi) is 11.9. The molecule has 4 aliphatic rings. The Morgan fingerprint density at radius 3 is 2.35 bits per heavy atom. The van der Waals surface area contributed by atoms with Crippen LogP contribution in [0.5, 0.6) is 17.4 Å². The highest BCUT2D eigenvalue weighted by Gasteiger charge is 2.32. The van der Waals surface area contributed by atoms with Gasteiger partial charge in [-0.25, -0.2) is 19.9 Å². The Morgan fingerprint density at radius 1 is 0.871 bits per heavy atom. The highest BCUT2D eigenvalue weighted by atomic mass is 32.1. The minimum Gasteiger partial charge on any atom is -0.508 e. The Bertz CT molecular complexity index is 2480. The molecule has 17 heteroatoms. The zero-order chi connectivity index (χ0) is 43.1. The molecule has 0 atom stereocenters. The Balaban J connectivity index is 0.773. The molecule has 2 aromatic carbocycles. The number of amides is 2. The number of piperazine rings is 1. The number of nitrogens with two attached hydrogens (primary N) is 1. The summed E-state index contributed by atoms with van der Waals surface area (Å²) in [5.74, 6) is 1.64. The molecular weight excluding hydrogens is 809 g/mol. The van der Waals surface area contributed by atoms with E-state index in [-0.39, 0.29) is 52.4 Å². The molecule has 2 amide bonds. The number of rotatable bonds is 10. The van der Waals surface area contributed by atoms with Crippen molar-refractivity contribution in [1.29, 1.82) is 0 Å². The Labute approximate surface area is 364 Å². The van der Waals surface area contributed by atoms with Gasteiger partial charge in [0.2, 0.25) is 5.91 Å². The lowest BCUT2D eigenvalue weighted by atomic mass is 9.95. The number of phenolic OH excluding ortho intramolecular Hbond substituents is 2. The van der Waals surface area contributed by atoms with Crippen LogP contribution in [0.15, 0.2) is 42.6 Å². The van der Waals surface area contributed by atoms with E-state index in [2.05, 4.69) is 53.8 Å². The third kappa shape index (κ3) is 8.58. The van der Waals surface area contributed by atoms with Gasteiger partial charge in [-0.15, -0.1) is 11.3 Å². The van der Waals surface area contributed by atoms with Crippen LogP contribution in [-0.4, -0.2) is 134 Å². The minimum absolute atomic E-state index is 0.00458. The first-order chi connectivity index (χ1) is 30.0. The number of carbonyl (C=O) groups excluding carboxylic acids is 2. The van der Waals surface area contributed by atoms with E-state index in [1.165, 1.54) is 23.6 Å². The second kappa shape index (κ2) is 17.6. The Hall–Kier alpha value is -5.62. The number of morpholine rings is 1. The summed E-state index contributed by atoms with van der Waals surface area (Å²) >= 11 is 1.72. The van der Waals surface area contributed by atoms with Gasteiger partial charge in [0.15, 0.2) is 17.5 Å². The van der Waals surface area contributed by atoms with Gasteiger partial charge in [0, 0.05) is 82.3 Å². The van der Waals surface area contributed by atoms with Crippen LogP contribution in [-0.2, 0) is 35.7 Å². The van der Waals surface area contributed by atoms with E-state index in [4.69, 9.17) is 25.2 Å². The van der Waals surface area contributed by atoms with Crippen LogP contribution in [0.25, 0.3) is 21.7 Å². The second-order valence-electron chi connectivity index (χ2n) is 17.0. The summed E-state index contributed by atoms with van der Waals surface area (Å²) in [5, 5.41) is 20.8. The monoisotopic (exact) mass is 862 g/mol. The van der Waals surface area contributed by atoms with Gasteiger partial charge >= 0.3 is 0 Å². The molecule has 0 saturated carbocycles. The summed E-state index contributed by atoms with van der Waals surface area (Å²) in [4.78, 5) is 58.1. The number of piperidine rings is 1. The number of thiophene rings is 1. The first-order valence-corrected chi connectivity index (χ1v) is 22.3. The highest BCUT2D eigenvalue weighted by Crippen LogP contribution is 2.37. The number of fused-ring (bicyclic) bond motifs is 2. The number of aromatic hydroxyl groups is 2. The quantitative estimate of drug-likeness (QED) is 0.174. The molecule has 16 nitrogen and oxygen atoms in total. The van der Waals surface area contributed by atoms with Gasteiger partial charge in [-0.05, 0) is 66.2 Å². The summed E-state index contributed by atoms with van der Waals surface area (Å²) in [6.45, 7) is 13.9. The topological polar surface area (TPSA) is 187 Å². The third-order valence-corrected chi connectivity index (χ3v) is 13.7. The van der Waals surface area contributed by atoms with Crippen molar-refractivity contribution in [3.63, 3.8) is 0 Å². The minimum atomic E-state index is -0.248. The maximum Gasteiger partial charge on any atom is 0.258 e. The van der Waals surface area contributed by atoms with Crippen molar-refractivity contribution in [3.05, 3.63) is 75.3 Å². The van der Waals surface area contributed by atoms with Gasteiger partial charge < -0.3 is 40.1 Å². The summed E-state index contributed by atoms with van der Waals surface area (Å²) < 4.78 is 12.0. The van der Waals surface area contributed by atoms with Crippen LogP contribution in [0.2, 0.25) is 0 Å². The third-order valence-electron chi connectivity index (χ3n) is 12.6. The molecule has 0 bridgehead atoms. The normalized spacial score (nSPS) is 17.9. The molecule has 3 fully saturated rings. The first-order valence-electron chi connectivity index (χ1n) is 21.5. The van der Waals surface area contributed by atoms with Gasteiger partial charge in [-0.3, -0.25) is 19.4 Å². The lowest BCUT2D eigenvalue weighted by Crippen LogP contribution is -2.51. The average molecular weight is 863 g/mol. The summed E-state index contributed by atoms with van der Waals surface area (Å²) in [5.41, 5.74) is 11.5. The van der Waals surface area contributed by atoms with Gasteiger partial charge in [-0.2, -0.15) is 0 Å². The van der Waals surface area contributed by atoms with E-state index in [0.29, 0.717) is 56.5 Å². The smallest absolute Gasteiger partial charge is 0.258 e. The standard InChI is InChI=1S/C45H54N10O6S/c1-27(2)33-20-34(38(57)21-37(33)56)45(59)55-24-30-5-4-28(18-31(30)25-55)23-52-10-12-54(13-11-52)44(58)29-6-8-51(9-7-29)26-32-19-35-39(62-32)42(53-14-16-61-17-15-53)50-41(48-35)36-22-47-40(46)43(49-36)60-3/h4-5,18-22,27,29,56-57H,6-17,23-26H2,1-3H3,(H2,46,47). The summed E-state index contributed by atoms with van der Waals surface area (Å²) in [7, 11) is 1.51. The molecule has 4 aliphatic heterocycles. The van der Waals surface area contributed by atoms with E-state index in [1.807, 2.05) is 13.8 Å². The van der Waals surface area contributed by atoms with Crippen molar-refractivity contribution in [2.75, 3.05) is 83.3 Å². The van der Waals surface area contributed by atoms with E-state index in [9.17, 15) is 19.8 Å². The molecule has 62 heavy (non-hydrogen) atoms. The molecule has 9 rings (SSSR count). The summed E-state index contributed by atoms with van der Waals surface area (Å²) in [6, 6.07) is 11.4.